The fourth-order valence-corrected chi connectivity index (χ4v) is 4.81. The Bertz CT molecular complexity index is 1400. The molecule has 0 fully saturated rings. The molecule has 4 rings (SSSR count). The molecule has 1 aliphatic rings. The van der Waals surface area contributed by atoms with Crippen LogP contribution in [0.3, 0.4) is 0 Å². The predicted molar refractivity (Wildman–Crippen MR) is 145 cm³/mol. The zero-order chi connectivity index (χ0) is 29.2. The lowest BCUT2D eigenvalue weighted by atomic mass is 9.97. The molecule has 10 heteroatoms. The Kier molecular flexibility index (Phi) is 8.27. The largest absolute Gasteiger partial charge is 0.490 e. The van der Waals surface area contributed by atoms with E-state index in [0.717, 1.165) is 23.6 Å². The Morgan fingerprint density at radius 1 is 1.10 bits per heavy atom. The highest BCUT2D eigenvalue weighted by Crippen LogP contribution is 2.37. The molecule has 1 aliphatic heterocycles. The van der Waals surface area contributed by atoms with E-state index in [-0.39, 0.29) is 23.8 Å². The summed E-state index contributed by atoms with van der Waals surface area (Å²) in [5, 5.41) is 2.41. The molecule has 3 aromatic carbocycles. The summed E-state index contributed by atoms with van der Waals surface area (Å²) in [7, 11) is 3.18. The van der Waals surface area contributed by atoms with Crippen LogP contribution >= 0.6 is 0 Å². The molecule has 3 aromatic rings. The molecule has 0 bridgehead atoms. The second-order valence-corrected chi connectivity index (χ2v) is 9.83. The molecule has 0 spiro atoms. The number of benzene rings is 3. The molecule has 40 heavy (non-hydrogen) atoms. The highest BCUT2D eigenvalue weighted by Gasteiger charge is 2.35. The number of para-hydroxylation sites is 2. The number of ether oxygens (including phenoxy) is 3. The van der Waals surface area contributed by atoms with Crippen molar-refractivity contribution in [1.29, 1.82) is 0 Å². The zero-order valence-electron chi connectivity index (χ0n) is 22.9. The summed E-state index contributed by atoms with van der Waals surface area (Å²) < 4.78 is 58.0. The van der Waals surface area contributed by atoms with Gasteiger partial charge in [0.2, 0.25) is 0 Å². The summed E-state index contributed by atoms with van der Waals surface area (Å²) in [5.74, 6) is -0.837. The number of halogens is 3. The van der Waals surface area contributed by atoms with E-state index in [1.165, 1.54) is 20.1 Å². The lowest BCUT2D eigenvalue weighted by Gasteiger charge is -2.33. The molecule has 0 aliphatic carbocycles. The average molecular weight is 557 g/mol. The van der Waals surface area contributed by atoms with Crippen molar-refractivity contribution in [1.82, 2.24) is 0 Å². The topological polar surface area (TPSA) is 77.1 Å². The first kappa shape index (κ1) is 28.8. The summed E-state index contributed by atoms with van der Waals surface area (Å²) >= 11 is 0. The Balaban J connectivity index is 1.52. The first-order chi connectivity index (χ1) is 18.9. The minimum atomic E-state index is -4.72. The quantitative estimate of drug-likeness (QED) is 0.353. The lowest BCUT2D eigenvalue weighted by molar-refractivity contribution is -0.142. The number of nitrogens with one attached hydrogen (secondary N) is 1. The minimum absolute atomic E-state index is 0.219. The molecular formula is C30H31F3N2O5. The van der Waals surface area contributed by atoms with Crippen LogP contribution in [0.1, 0.15) is 45.5 Å². The van der Waals surface area contributed by atoms with Gasteiger partial charge in [0.25, 0.3) is 5.91 Å². The summed E-state index contributed by atoms with van der Waals surface area (Å²) in [6, 6.07) is 14.3. The Morgan fingerprint density at radius 3 is 2.42 bits per heavy atom. The van der Waals surface area contributed by atoms with Crippen LogP contribution in [-0.4, -0.2) is 45.3 Å². The highest BCUT2D eigenvalue weighted by atomic mass is 19.4. The van der Waals surface area contributed by atoms with Gasteiger partial charge >= 0.3 is 12.1 Å². The van der Waals surface area contributed by atoms with E-state index in [1.54, 1.807) is 26.0 Å². The van der Waals surface area contributed by atoms with Gasteiger partial charge in [0.05, 0.1) is 36.5 Å². The first-order valence-corrected chi connectivity index (χ1v) is 12.7. The number of carbonyl (C=O) groups excluding carboxylic acids is 2. The van der Waals surface area contributed by atoms with Gasteiger partial charge < -0.3 is 24.4 Å². The summed E-state index contributed by atoms with van der Waals surface area (Å²) in [6.07, 6.45) is -4.93. The number of hydrogen-bond acceptors (Lipinski definition) is 6. The van der Waals surface area contributed by atoms with Crippen molar-refractivity contribution >= 4 is 23.3 Å². The van der Waals surface area contributed by atoms with Gasteiger partial charge in [-0.1, -0.05) is 18.2 Å². The maximum atomic E-state index is 13.7. The average Bonchev–Trinajstić information content (AvgIpc) is 2.90. The van der Waals surface area contributed by atoms with Crippen LogP contribution in [0, 0.1) is 13.8 Å². The number of fused-ring (bicyclic) bond motifs is 1. The van der Waals surface area contributed by atoms with Gasteiger partial charge in [-0.2, -0.15) is 13.2 Å². The van der Waals surface area contributed by atoms with Crippen LogP contribution in [0.5, 0.6) is 11.5 Å². The van der Waals surface area contributed by atoms with Gasteiger partial charge in [-0.3, -0.25) is 9.59 Å². The van der Waals surface area contributed by atoms with E-state index in [9.17, 15) is 22.8 Å². The van der Waals surface area contributed by atoms with Crippen molar-refractivity contribution in [3.63, 3.8) is 0 Å². The zero-order valence-corrected chi connectivity index (χ0v) is 22.9. The minimum Gasteiger partial charge on any atom is -0.490 e. The van der Waals surface area contributed by atoms with Crippen LogP contribution in [0.25, 0.3) is 0 Å². The monoisotopic (exact) mass is 556 g/mol. The second kappa shape index (κ2) is 11.5. The molecule has 212 valence electrons. The summed E-state index contributed by atoms with van der Waals surface area (Å²) in [6.45, 7) is 5.79. The van der Waals surface area contributed by atoms with Crippen LogP contribution in [0.15, 0.2) is 54.6 Å². The molecule has 1 N–H and O–H groups in total. The Hall–Kier alpha value is -4.21. The third-order valence-corrected chi connectivity index (χ3v) is 6.87. The lowest BCUT2D eigenvalue weighted by Crippen LogP contribution is -2.41. The maximum Gasteiger partial charge on any atom is 0.418 e. The maximum absolute atomic E-state index is 13.7. The predicted octanol–water partition coefficient (Wildman–Crippen LogP) is 6.13. The normalized spacial score (nSPS) is 15.5. The smallest absolute Gasteiger partial charge is 0.418 e. The van der Waals surface area contributed by atoms with Crippen molar-refractivity contribution in [3.8, 4) is 11.5 Å². The van der Waals surface area contributed by atoms with Crippen molar-refractivity contribution in [2.45, 2.75) is 39.0 Å². The van der Waals surface area contributed by atoms with Crippen LogP contribution in [0.4, 0.5) is 24.5 Å². The van der Waals surface area contributed by atoms with Gasteiger partial charge in [-0.05, 0) is 73.9 Å². The van der Waals surface area contributed by atoms with Gasteiger partial charge in [-0.25, -0.2) is 0 Å². The van der Waals surface area contributed by atoms with Gasteiger partial charge in [-0.15, -0.1) is 0 Å². The number of aryl methyl sites for hydroxylation is 2. The number of hydrogen-bond donors (Lipinski definition) is 1. The van der Waals surface area contributed by atoms with Gasteiger partial charge in [0.1, 0.15) is 24.2 Å². The molecule has 1 amide bonds. The highest BCUT2D eigenvalue weighted by molar-refractivity contribution is 6.07. The van der Waals surface area contributed by atoms with E-state index in [0.29, 0.717) is 23.4 Å². The van der Waals surface area contributed by atoms with Gasteiger partial charge in [0.15, 0.2) is 0 Å². The standard InChI is InChI=1S/C30H31F3N2O5/c1-17-12-21(39-16-22-15-35(4)25-8-6-7-9-26(25)40-22)13-18(2)27(17)28(36)34-24-14-20(19(3)29(37)38-5)10-11-23(24)30(31,32)33/h6-14,19,22H,15-16H2,1-5H3,(H,34,36)/t19?,22-/m0/s1. The van der Waals surface area contributed by atoms with E-state index < -0.39 is 35.2 Å². The van der Waals surface area contributed by atoms with Crippen molar-refractivity contribution < 1.29 is 37.0 Å². The van der Waals surface area contributed by atoms with E-state index in [2.05, 4.69) is 10.2 Å². The number of likely N-dealkylation sites (N-methyl/N-ethyl adjacent to an activating group) is 1. The Labute approximate surface area is 230 Å². The number of rotatable bonds is 7. The van der Waals surface area contributed by atoms with Crippen molar-refractivity contribution in [2.75, 3.05) is 37.5 Å². The first-order valence-electron chi connectivity index (χ1n) is 12.7. The SMILES string of the molecule is COC(=O)C(C)c1ccc(C(F)(F)F)c(NC(=O)c2c(C)cc(OC[C@@H]3CN(C)c4ccccc4O3)cc2C)c1. The van der Waals surface area contributed by atoms with Crippen molar-refractivity contribution in [2.24, 2.45) is 0 Å². The summed E-state index contributed by atoms with van der Waals surface area (Å²) in [5.41, 5.74) is 1.12. The third kappa shape index (κ3) is 6.16. The molecule has 0 saturated heterocycles. The van der Waals surface area contributed by atoms with Gasteiger partial charge in [0, 0.05) is 12.6 Å². The van der Waals surface area contributed by atoms with Crippen molar-refractivity contribution in [3.05, 3.63) is 82.4 Å². The molecule has 1 heterocycles. The van der Waals surface area contributed by atoms with E-state index in [4.69, 9.17) is 14.2 Å². The second-order valence-electron chi connectivity index (χ2n) is 9.83. The van der Waals surface area contributed by atoms with Crippen LogP contribution in [-0.2, 0) is 15.7 Å². The number of amides is 1. The van der Waals surface area contributed by atoms with Crippen LogP contribution in [0.2, 0.25) is 0 Å². The molecule has 7 nitrogen and oxygen atoms in total. The number of carbonyl (C=O) groups is 2. The molecule has 1 unspecified atom stereocenters. The fourth-order valence-electron chi connectivity index (χ4n) is 4.81. The number of esters is 1. The Morgan fingerprint density at radius 2 is 1.77 bits per heavy atom. The molecule has 0 saturated carbocycles. The number of nitrogens with zero attached hydrogens (tertiary/aromatic N) is 1. The van der Waals surface area contributed by atoms with E-state index in [1.807, 2.05) is 31.3 Å². The van der Waals surface area contributed by atoms with Crippen LogP contribution < -0.4 is 19.7 Å². The number of methoxy groups -OCH3 is 1. The molecule has 2 atom stereocenters. The number of alkyl halides is 3. The van der Waals surface area contributed by atoms with E-state index >= 15 is 0 Å². The third-order valence-electron chi connectivity index (χ3n) is 6.87. The number of anilines is 2. The summed E-state index contributed by atoms with van der Waals surface area (Å²) in [4.78, 5) is 27.3. The fraction of sp³-hybridized carbons (Fsp3) is 0.333. The molecule has 0 aromatic heterocycles. The molecular weight excluding hydrogens is 525 g/mol. The molecule has 0 radical (unpaired) electrons.